The first-order valence-corrected chi connectivity index (χ1v) is 9.64. The molecule has 2 nitrogen and oxygen atoms in total. The van der Waals surface area contributed by atoms with Crippen LogP contribution in [0.15, 0.2) is 66.7 Å². The smallest absolute Gasteiger partial charge is 0.315 e. The second-order valence-electron chi connectivity index (χ2n) is 7.20. The highest BCUT2D eigenvalue weighted by atomic mass is 19.4. The van der Waals surface area contributed by atoms with Crippen LogP contribution in [-0.2, 0) is 6.18 Å². The van der Waals surface area contributed by atoms with Crippen LogP contribution in [0.2, 0.25) is 0 Å². The molecule has 0 saturated carbocycles. The molecule has 5 heteroatoms. The van der Waals surface area contributed by atoms with Crippen molar-refractivity contribution in [2.75, 3.05) is 26.2 Å². The maximum absolute atomic E-state index is 13.9. The summed E-state index contributed by atoms with van der Waals surface area (Å²) >= 11 is 0. The van der Waals surface area contributed by atoms with Gasteiger partial charge in [-0.15, -0.1) is 0 Å². The molecule has 1 fully saturated rings. The van der Waals surface area contributed by atoms with E-state index in [-0.39, 0.29) is 0 Å². The highest BCUT2D eigenvalue weighted by Crippen LogP contribution is 2.40. The van der Waals surface area contributed by atoms with Crippen molar-refractivity contribution in [1.29, 1.82) is 0 Å². The molecule has 1 aliphatic rings. The van der Waals surface area contributed by atoms with Gasteiger partial charge in [0.2, 0.25) is 0 Å². The number of alkyl halides is 3. The molecule has 1 saturated heterocycles. The second-order valence-corrected chi connectivity index (χ2v) is 7.20. The van der Waals surface area contributed by atoms with Crippen LogP contribution in [0.4, 0.5) is 13.2 Å². The summed E-state index contributed by atoms with van der Waals surface area (Å²) in [5.74, 6) is 0. The number of rotatable bonds is 3. The van der Waals surface area contributed by atoms with Gasteiger partial charge in [-0.05, 0) is 40.9 Å². The number of benzene rings is 3. The lowest BCUT2D eigenvalue weighted by Gasteiger charge is -2.33. The van der Waals surface area contributed by atoms with Gasteiger partial charge in [-0.2, -0.15) is 13.2 Å². The molecule has 0 radical (unpaired) electrons. The normalized spacial score (nSPS) is 17.4. The van der Waals surface area contributed by atoms with Crippen LogP contribution in [-0.4, -0.2) is 31.1 Å². The molecule has 3 aromatic carbocycles. The number of hydrogen-bond acceptors (Lipinski definition) is 2. The third-order valence-corrected chi connectivity index (χ3v) is 5.42. The van der Waals surface area contributed by atoms with Crippen LogP contribution in [0.1, 0.15) is 29.2 Å². The third kappa shape index (κ3) is 3.77. The van der Waals surface area contributed by atoms with E-state index in [2.05, 4.69) is 10.2 Å². The average molecular weight is 384 g/mol. The molecule has 0 bridgehead atoms. The fourth-order valence-corrected chi connectivity index (χ4v) is 4.17. The predicted molar refractivity (Wildman–Crippen MR) is 106 cm³/mol. The highest BCUT2D eigenvalue weighted by molar-refractivity contribution is 5.86. The van der Waals surface area contributed by atoms with E-state index in [0.29, 0.717) is 12.1 Å². The van der Waals surface area contributed by atoms with Gasteiger partial charge in [0.25, 0.3) is 0 Å². The molecule has 0 aromatic heterocycles. The van der Waals surface area contributed by atoms with Crippen LogP contribution in [0, 0.1) is 0 Å². The maximum Gasteiger partial charge on any atom is 0.416 e. The third-order valence-electron chi connectivity index (χ3n) is 5.42. The first kappa shape index (κ1) is 19.0. The van der Waals surface area contributed by atoms with Crippen LogP contribution in [0.5, 0.6) is 0 Å². The Labute approximate surface area is 163 Å². The van der Waals surface area contributed by atoms with Crippen molar-refractivity contribution in [3.8, 4) is 0 Å². The minimum absolute atomic E-state index is 0.327. The Balaban J connectivity index is 1.93. The number of fused-ring (bicyclic) bond motifs is 1. The lowest BCUT2D eigenvalue weighted by molar-refractivity contribution is -0.138. The van der Waals surface area contributed by atoms with Crippen molar-refractivity contribution in [2.45, 2.75) is 18.6 Å². The molecule has 0 amide bonds. The Hall–Kier alpha value is -2.37. The van der Waals surface area contributed by atoms with Gasteiger partial charge >= 0.3 is 6.18 Å². The summed E-state index contributed by atoms with van der Waals surface area (Å²) in [7, 11) is 0. The number of halogens is 3. The Kier molecular flexibility index (Phi) is 5.38. The number of hydrogen-bond donors (Lipinski definition) is 1. The van der Waals surface area contributed by atoms with Gasteiger partial charge in [-0.1, -0.05) is 60.7 Å². The van der Waals surface area contributed by atoms with E-state index in [0.717, 1.165) is 42.4 Å². The Bertz CT molecular complexity index is 938. The number of nitrogens with one attached hydrogen (secondary N) is 1. The molecule has 4 rings (SSSR count). The molecule has 0 aliphatic carbocycles. The Morgan fingerprint density at radius 1 is 0.786 bits per heavy atom. The van der Waals surface area contributed by atoms with Crippen molar-refractivity contribution < 1.29 is 13.2 Å². The quantitative estimate of drug-likeness (QED) is 0.664. The molecular weight excluding hydrogens is 361 g/mol. The first-order valence-electron chi connectivity index (χ1n) is 9.64. The second kappa shape index (κ2) is 7.94. The van der Waals surface area contributed by atoms with E-state index in [1.165, 1.54) is 12.1 Å². The number of nitrogens with zero attached hydrogens (tertiary/aromatic N) is 1. The summed E-state index contributed by atoms with van der Waals surface area (Å²) in [6, 6.07) is 19.4. The summed E-state index contributed by atoms with van der Waals surface area (Å²) in [4.78, 5) is 2.19. The molecule has 1 N–H and O–H groups in total. The molecule has 1 unspecified atom stereocenters. The molecule has 0 spiro atoms. The van der Waals surface area contributed by atoms with Gasteiger partial charge in [-0.3, -0.25) is 4.90 Å². The van der Waals surface area contributed by atoms with E-state index in [1.807, 2.05) is 42.5 Å². The van der Waals surface area contributed by atoms with E-state index in [9.17, 15) is 13.2 Å². The van der Waals surface area contributed by atoms with Crippen molar-refractivity contribution in [3.05, 3.63) is 83.4 Å². The minimum atomic E-state index is -4.39. The standard InChI is InChI=1S/C23H23F3N2/c24-23(25,26)21-12-4-3-10-20(21)22(28-15-6-13-27-14-16-28)19-11-5-8-17-7-1-2-9-18(17)19/h1-5,7-12,22,27H,6,13-16H2. The van der Waals surface area contributed by atoms with E-state index >= 15 is 0 Å². The van der Waals surface area contributed by atoms with Crippen LogP contribution in [0.3, 0.4) is 0 Å². The van der Waals surface area contributed by atoms with Crippen LogP contribution < -0.4 is 5.32 Å². The Morgan fingerprint density at radius 2 is 1.50 bits per heavy atom. The minimum Gasteiger partial charge on any atom is -0.315 e. The summed E-state index contributed by atoms with van der Waals surface area (Å²) in [6.45, 7) is 3.13. The fourth-order valence-electron chi connectivity index (χ4n) is 4.17. The van der Waals surface area contributed by atoms with E-state index < -0.39 is 17.8 Å². The van der Waals surface area contributed by atoms with Crippen LogP contribution in [0.25, 0.3) is 10.8 Å². The lowest BCUT2D eigenvalue weighted by Crippen LogP contribution is -2.34. The van der Waals surface area contributed by atoms with Gasteiger partial charge in [0, 0.05) is 19.6 Å². The molecule has 1 atom stereocenters. The summed E-state index contributed by atoms with van der Waals surface area (Å²) < 4.78 is 41.6. The largest absolute Gasteiger partial charge is 0.416 e. The zero-order valence-corrected chi connectivity index (χ0v) is 15.5. The average Bonchev–Trinajstić information content (AvgIpc) is 2.97. The zero-order chi connectivity index (χ0) is 19.6. The lowest BCUT2D eigenvalue weighted by atomic mass is 9.89. The zero-order valence-electron chi connectivity index (χ0n) is 15.5. The van der Waals surface area contributed by atoms with Gasteiger partial charge in [-0.25, -0.2) is 0 Å². The molecule has 1 heterocycles. The van der Waals surface area contributed by atoms with E-state index in [1.54, 1.807) is 12.1 Å². The van der Waals surface area contributed by atoms with Gasteiger partial charge < -0.3 is 5.32 Å². The predicted octanol–water partition coefficient (Wildman–Crippen LogP) is 5.24. The highest BCUT2D eigenvalue weighted by Gasteiger charge is 2.37. The molecule has 28 heavy (non-hydrogen) atoms. The van der Waals surface area contributed by atoms with Crippen molar-refractivity contribution in [2.24, 2.45) is 0 Å². The maximum atomic E-state index is 13.9. The van der Waals surface area contributed by atoms with Crippen molar-refractivity contribution in [3.63, 3.8) is 0 Å². The van der Waals surface area contributed by atoms with Crippen LogP contribution >= 0.6 is 0 Å². The summed E-state index contributed by atoms with van der Waals surface area (Å²) in [5, 5.41) is 5.40. The first-order chi connectivity index (χ1) is 13.6. The van der Waals surface area contributed by atoms with Gasteiger partial charge in [0.05, 0.1) is 11.6 Å². The summed E-state index contributed by atoms with van der Waals surface area (Å²) in [6.07, 6.45) is -3.47. The molecule has 3 aromatic rings. The van der Waals surface area contributed by atoms with Gasteiger partial charge in [0.15, 0.2) is 0 Å². The monoisotopic (exact) mass is 384 g/mol. The SMILES string of the molecule is FC(F)(F)c1ccccc1C(c1cccc2ccccc12)N1CCCNCC1. The van der Waals surface area contributed by atoms with Gasteiger partial charge in [0.1, 0.15) is 0 Å². The topological polar surface area (TPSA) is 15.3 Å². The summed E-state index contributed by atoms with van der Waals surface area (Å²) in [5.41, 5.74) is 0.704. The molecule has 146 valence electrons. The van der Waals surface area contributed by atoms with Crippen molar-refractivity contribution >= 4 is 10.8 Å². The fraction of sp³-hybridized carbons (Fsp3) is 0.304. The molecular formula is C23H23F3N2. The van der Waals surface area contributed by atoms with Crippen molar-refractivity contribution in [1.82, 2.24) is 10.2 Å². The Morgan fingerprint density at radius 3 is 2.36 bits per heavy atom. The molecule has 1 aliphatic heterocycles. The van der Waals surface area contributed by atoms with E-state index in [4.69, 9.17) is 0 Å².